The van der Waals surface area contributed by atoms with E-state index < -0.39 is 18.0 Å². The van der Waals surface area contributed by atoms with Gasteiger partial charge in [-0.05, 0) is 57.7 Å². The molecule has 2 atom stereocenters. The molecule has 1 aliphatic heterocycles. The SMILES string of the molecule is COc1c(C/C=C(\C)CCC=C(C)C)c(O)cc2c1C(=O)[C@H](O)[C@@H](c1ccc(O)cc1)O2. The van der Waals surface area contributed by atoms with E-state index in [2.05, 4.69) is 19.9 Å². The van der Waals surface area contributed by atoms with Crippen LogP contribution in [-0.2, 0) is 6.42 Å². The minimum Gasteiger partial charge on any atom is -0.508 e. The van der Waals surface area contributed by atoms with Gasteiger partial charge in [-0.15, -0.1) is 0 Å². The summed E-state index contributed by atoms with van der Waals surface area (Å²) in [5.41, 5.74) is 3.57. The molecular weight excluding hydrogens is 408 g/mol. The number of benzene rings is 2. The Morgan fingerprint density at radius 3 is 2.44 bits per heavy atom. The van der Waals surface area contributed by atoms with Crippen LogP contribution in [0.2, 0.25) is 0 Å². The molecule has 0 bridgehead atoms. The summed E-state index contributed by atoms with van der Waals surface area (Å²) in [5.74, 6) is -0.143. The lowest BCUT2D eigenvalue weighted by atomic mass is 9.90. The fourth-order valence-electron chi connectivity index (χ4n) is 3.78. The summed E-state index contributed by atoms with van der Waals surface area (Å²) in [4.78, 5) is 13.1. The van der Waals surface area contributed by atoms with Crippen LogP contribution in [0.1, 0.15) is 61.2 Å². The minimum atomic E-state index is -1.44. The third-order valence-electron chi connectivity index (χ3n) is 5.55. The molecule has 1 aliphatic rings. The molecule has 6 heteroatoms. The first kappa shape index (κ1) is 23.4. The Morgan fingerprint density at radius 2 is 1.81 bits per heavy atom. The number of allylic oxidation sites excluding steroid dienone is 4. The van der Waals surface area contributed by atoms with Gasteiger partial charge in [-0.1, -0.05) is 35.4 Å². The summed E-state index contributed by atoms with van der Waals surface area (Å²) in [6.07, 6.45) is 4.00. The highest BCUT2D eigenvalue weighted by Gasteiger charge is 2.40. The summed E-state index contributed by atoms with van der Waals surface area (Å²) in [7, 11) is 1.43. The molecule has 0 spiro atoms. The number of Topliss-reactive ketones (excluding diaryl/α,β-unsaturated/α-hetero) is 1. The van der Waals surface area contributed by atoms with Crippen molar-refractivity contribution in [2.45, 2.75) is 52.2 Å². The average molecular weight is 439 g/mol. The highest BCUT2D eigenvalue weighted by atomic mass is 16.5. The Balaban J connectivity index is 1.92. The molecule has 2 aromatic carbocycles. The number of phenolic OH excluding ortho intramolecular Hbond substituents is 2. The first-order chi connectivity index (χ1) is 15.2. The van der Waals surface area contributed by atoms with Gasteiger partial charge in [0.25, 0.3) is 0 Å². The van der Waals surface area contributed by atoms with Crippen LogP contribution in [0.5, 0.6) is 23.0 Å². The van der Waals surface area contributed by atoms with Crippen LogP contribution in [0.3, 0.4) is 0 Å². The van der Waals surface area contributed by atoms with E-state index in [-0.39, 0.29) is 28.6 Å². The highest BCUT2D eigenvalue weighted by Crippen LogP contribution is 2.45. The molecule has 0 amide bonds. The van der Waals surface area contributed by atoms with Crippen molar-refractivity contribution in [3.05, 3.63) is 70.3 Å². The second kappa shape index (κ2) is 9.92. The topological polar surface area (TPSA) is 96.2 Å². The predicted octanol–water partition coefficient (Wildman–Crippen LogP) is 5.02. The molecule has 0 unspecified atom stereocenters. The number of ketones is 1. The van der Waals surface area contributed by atoms with Crippen LogP contribution in [0.4, 0.5) is 0 Å². The normalized spacial score (nSPS) is 18.0. The molecule has 0 saturated carbocycles. The summed E-state index contributed by atoms with van der Waals surface area (Å²) < 4.78 is 11.4. The lowest BCUT2D eigenvalue weighted by Gasteiger charge is -2.31. The lowest BCUT2D eigenvalue weighted by molar-refractivity contribution is 0.0210. The van der Waals surface area contributed by atoms with Gasteiger partial charge in [0, 0.05) is 11.6 Å². The monoisotopic (exact) mass is 438 g/mol. The largest absolute Gasteiger partial charge is 0.508 e. The number of hydrogen-bond donors (Lipinski definition) is 3. The number of ether oxygens (including phenoxy) is 2. The van der Waals surface area contributed by atoms with Crippen LogP contribution in [-0.4, -0.2) is 34.3 Å². The van der Waals surface area contributed by atoms with Gasteiger partial charge in [-0.25, -0.2) is 0 Å². The molecule has 3 rings (SSSR count). The number of aliphatic hydroxyl groups excluding tert-OH is 1. The first-order valence-electron chi connectivity index (χ1n) is 10.6. The maximum Gasteiger partial charge on any atom is 0.202 e. The van der Waals surface area contributed by atoms with Crippen molar-refractivity contribution in [3.63, 3.8) is 0 Å². The predicted molar refractivity (Wildman–Crippen MR) is 123 cm³/mol. The molecule has 0 saturated heterocycles. The van der Waals surface area contributed by atoms with Crippen molar-refractivity contribution < 1.29 is 29.6 Å². The van der Waals surface area contributed by atoms with E-state index in [9.17, 15) is 20.1 Å². The summed E-state index contributed by atoms with van der Waals surface area (Å²) >= 11 is 0. The zero-order valence-electron chi connectivity index (χ0n) is 18.9. The number of hydrogen-bond acceptors (Lipinski definition) is 6. The molecule has 170 valence electrons. The highest BCUT2D eigenvalue weighted by molar-refractivity contribution is 6.06. The van der Waals surface area contributed by atoms with Gasteiger partial charge in [0.05, 0.1) is 7.11 Å². The molecule has 2 aromatic rings. The Bertz CT molecular complexity index is 1040. The molecule has 32 heavy (non-hydrogen) atoms. The second-order valence-electron chi connectivity index (χ2n) is 8.29. The van der Waals surface area contributed by atoms with Gasteiger partial charge in [-0.3, -0.25) is 4.79 Å². The van der Waals surface area contributed by atoms with E-state index in [1.165, 1.54) is 30.9 Å². The van der Waals surface area contributed by atoms with E-state index >= 15 is 0 Å². The number of rotatable bonds is 7. The van der Waals surface area contributed by atoms with E-state index in [1.54, 1.807) is 12.1 Å². The number of aliphatic hydroxyl groups is 1. The second-order valence-corrected chi connectivity index (χ2v) is 8.29. The van der Waals surface area contributed by atoms with Crippen LogP contribution in [0, 0.1) is 0 Å². The van der Waals surface area contributed by atoms with Crippen LogP contribution < -0.4 is 9.47 Å². The summed E-state index contributed by atoms with van der Waals surface area (Å²) in [5, 5.41) is 30.9. The molecular formula is C26H30O6. The quantitative estimate of drug-likeness (QED) is 0.526. The molecule has 0 aromatic heterocycles. The van der Waals surface area contributed by atoms with Gasteiger partial charge >= 0.3 is 0 Å². The van der Waals surface area contributed by atoms with Crippen LogP contribution in [0.25, 0.3) is 0 Å². The van der Waals surface area contributed by atoms with Gasteiger partial charge in [0.15, 0.2) is 12.2 Å². The fraction of sp³-hybridized carbons (Fsp3) is 0.346. The fourth-order valence-corrected chi connectivity index (χ4v) is 3.78. The Morgan fingerprint density at radius 1 is 1.12 bits per heavy atom. The van der Waals surface area contributed by atoms with E-state index in [0.717, 1.165) is 18.4 Å². The first-order valence-corrected chi connectivity index (χ1v) is 10.6. The van der Waals surface area contributed by atoms with Crippen molar-refractivity contribution in [3.8, 4) is 23.0 Å². The number of carbonyl (C=O) groups excluding carboxylic acids is 1. The Labute approximate surface area is 188 Å². The maximum absolute atomic E-state index is 13.1. The lowest BCUT2D eigenvalue weighted by Crippen LogP contribution is -2.36. The molecule has 3 N–H and O–H groups in total. The van der Waals surface area contributed by atoms with E-state index in [4.69, 9.17) is 9.47 Å². The van der Waals surface area contributed by atoms with E-state index in [1.807, 2.05) is 13.0 Å². The van der Waals surface area contributed by atoms with Crippen LogP contribution in [0.15, 0.2) is 53.6 Å². The minimum absolute atomic E-state index is 0.0393. The number of methoxy groups -OCH3 is 1. The van der Waals surface area contributed by atoms with Crippen molar-refractivity contribution in [2.75, 3.05) is 7.11 Å². The molecule has 0 fully saturated rings. The van der Waals surface area contributed by atoms with Gasteiger partial charge in [-0.2, -0.15) is 0 Å². The van der Waals surface area contributed by atoms with Crippen molar-refractivity contribution in [1.82, 2.24) is 0 Å². The third kappa shape index (κ3) is 4.97. The number of fused-ring (bicyclic) bond motifs is 1. The van der Waals surface area contributed by atoms with Crippen molar-refractivity contribution in [1.29, 1.82) is 0 Å². The average Bonchev–Trinajstić information content (AvgIpc) is 2.75. The van der Waals surface area contributed by atoms with Crippen LogP contribution >= 0.6 is 0 Å². The third-order valence-corrected chi connectivity index (χ3v) is 5.55. The zero-order valence-corrected chi connectivity index (χ0v) is 18.9. The molecule has 1 heterocycles. The summed E-state index contributed by atoms with van der Waals surface area (Å²) in [6, 6.07) is 7.47. The molecule has 6 nitrogen and oxygen atoms in total. The maximum atomic E-state index is 13.1. The standard InChI is InChI=1S/C26H30O6/c1-15(2)6-5-7-16(3)8-13-19-20(28)14-21-22(26(19)31-4)23(29)24(30)25(32-21)17-9-11-18(27)12-10-17/h6,8-12,14,24-25,27-28,30H,5,7,13H2,1-4H3/b16-8+/t24-,25+/m0/s1. The summed E-state index contributed by atoms with van der Waals surface area (Å²) in [6.45, 7) is 6.16. The number of aromatic hydroxyl groups is 2. The van der Waals surface area contributed by atoms with Gasteiger partial charge in [0.2, 0.25) is 5.78 Å². The van der Waals surface area contributed by atoms with Gasteiger partial charge in [0.1, 0.15) is 28.6 Å². The molecule has 0 radical (unpaired) electrons. The Hall–Kier alpha value is -3.25. The number of phenols is 2. The van der Waals surface area contributed by atoms with E-state index in [0.29, 0.717) is 17.5 Å². The number of carbonyl (C=O) groups is 1. The van der Waals surface area contributed by atoms with Crippen molar-refractivity contribution >= 4 is 5.78 Å². The Kier molecular flexibility index (Phi) is 7.26. The van der Waals surface area contributed by atoms with Crippen molar-refractivity contribution in [2.24, 2.45) is 0 Å². The smallest absolute Gasteiger partial charge is 0.202 e. The zero-order chi connectivity index (χ0) is 23.4. The van der Waals surface area contributed by atoms with Gasteiger partial charge < -0.3 is 24.8 Å². The molecule has 0 aliphatic carbocycles.